The summed E-state index contributed by atoms with van der Waals surface area (Å²) in [6, 6.07) is 14.9. The van der Waals surface area contributed by atoms with E-state index in [1.54, 1.807) is 0 Å². The van der Waals surface area contributed by atoms with Crippen LogP contribution in [0.25, 0.3) is 10.8 Å². The Morgan fingerprint density at radius 3 is 2.18 bits per heavy atom. The van der Waals surface area contributed by atoms with Crippen LogP contribution in [0.1, 0.15) is 54.4 Å². The maximum atomic E-state index is 15.1. The summed E-state index contributed by atoms with van der Waals surface area (Å²) in [5.41, 5.74) is 1.93. The molecule has 4 heteroatoms. The highest BCUT2D eigenvalue weighted by molar-refractivity contribution is 5.84. The van der Waals surface area contributed by atoms with Crippen LogP contribution in [0.15, 0.2) is 67.3 Å². The van der Waals surface area contributed by atoms with Crippen molar-refractivity contribution in [2.45, 2.75) is 57.5 Å². The van der Waals surface area contributed by atoms with Crippen LogP contribution in [-0.4, -0.2) is 0 Å². The highest BCUT2D eigenvalue weighted by Crippen LogP contribution is 2.33. The van der Waals surface area contributed by atoms with Gasteiger partial charge in [0.1, 0.15) is 5.82 Å². The van der Waals surface area contributed by atoms with Crippen LogP contribution in [0, 0.1) is 17.7 Å². The van der Waals surface area contributed by atoms with Crippen molar-refractivity contribution >= 4 is 10.8 Å². The fourth-order valence-corrected chi connectivity index (χ4v) is 4.96. The van der Waals surface area contributed by atoms with Crippen molar-refractivity contribution in [3.63, 3.8) is 0 Å². The molecule has 1 fully saturated rings. The predicted molar refractivity (Wildman–Crippen MR) is 127 cm³/mol. The molecule has 0 unspecified atom stereocenters. The minimum atomic E-state index is -4.34. The molecule has 1 saturated carbocycles. The van der Waals surface area contributed by atoms with Gasteiger partial charge in [0.2, 0.25) is 0 Å². The minimum absolute atomic E-state index is 0.228. The Morgan fingerprint density at radius 2 is 1.52 bits per heavy atom. The summed E-state index contributed by atoms with van der Waals surface area (Å²) in [6.45, 7) is 3.92. The van der Waals surface area contributed by atoms with E-state index in [-0.39, 0.29) is 5.82 Å². The van der Waals surface area contributed by atoms with Crippen molar-refractivity contribution in [3.05, 3.63) is 95.3 Å². The molecule has 4 rings (SSSR count). The third kappa shape index (κ3) is 5.85. The molecule has 0 heterocycles. The van der Waals surface area contributed by atoms with Gasteiger partial charge in [-0.2, -0.15) is 13.2 Å². The van der Waals surface area contributed by atoms with Gasteiger partial charge in [-0.25, -0.2) is 4.39 Å². The molecule has 0 aromatic heterocycles. The smallest absolute Gasteiger partial charge is 0.206 e. The first-order valence-corrected chi connectivity index (χ1v) is 11.8. The number of fused-ring (bicyclic) bond motifs is 1. The van der Waals surface area contributed by atoms with Crippen LogP contribution in [0.4, 0.5) is 17.6 Å². The summed E-state index contributed by atoms with van der Waals surface area (Å²) in [4.78, 5) is 0. The van der Waals surface area contributed by atoms with E-state index in [2.05, 4.69) is 18.7 Å². The van der Waals surface area contributed by atoms with Crippen LogP contribution >= 0.6 is 0 Å². The van der Waals surface area contributed by atoms with Gasteiger partial charge in [0.05, 0.1) is 5.56 Å². The lowest BCUT2D eigenvalue weighted by Gasteiger charge is -2.26. The second kappa shape index (κ2) is 10.1. The lowest BCUT2D eigenvalue weighted by molar-refractivity contribution is -0.137. The predicted octanol–water partition coefficient (Wildman–Crippen LogP) is 8.71. The quantitative estimate of drug-likeness (QED) is 0.247. The molecule has 0 bridgehead atoms. The number of aryl methyl sites for hydroxylation is 3. The summed E-state index contributed by atoms with van der Waals surface area (Å²) in [6.07, 6.45) is 5.88. The van der Waals surface area contributed by atoms with E-state index in [1.807, 2.05) is 24.3 Å². The Hall–Kier alpha value is -2.62. The fraction of sp³-hybridized carbons (Fsp3) is 0.379. The van der Waals surface area contributed by atoms with Crippen LogP contribution in [-0.2, 0) is 25.4 Å². The number of hydrogen-bond acceptors (Lipinski definition) is 0. The molecule has 3 aromatic carbocycles. The van der Waals surface area contributed by atoms with Crippen LogP contribution in [0.3, 0.4) is 0 Å². The molecule has 0 amide bonds. The second-order valence-electron chi connectivity index (χ2n) is 9.34. The standard InChI is InChI=1S/C29H30F4/c1-2-20-3-5-21(6-4-20)7-8-23-12-18-27-25(19-23)15-14-24(28(27)30)13-9-22-10-16-26(17-11-22)29(31,32)33/h2,10-12,14-21H,1,3-9,13H2. The first kappa shape index (κ1) is 23.5. The zero-order valence-corrected chi connectivity index (χ0v) is 18.8. The highest BCUT2D eigenvalue weighted by atomic mass is 19.4. The molecular formula is C29H30F4. The van der Waals surface area contributed by atoms with Gasteiger partial charge in [-0.15, -0.1) is 6.58 Å². The second-order valence-corrected chi connectivity index (χ2v) is 9.34. The van der Waals surface area contributed by atoms with E-state index >= 15 is 4.39 Å². The molecular weight excluding hydrogens is 424 g/mol. The molecule has 1 aliphatic carbocycles. The molecule has 0 N–H and O–H groups in total. The average Bonchev–Trinajstić information content (AvgIpc) is 2.82. The highest BCUT2D eigenvalue weighted by Gasteiger charge is 2.29. The van der Waals surface area contributed by atoms with Crippen LogP contribution < -0.4 is 0 Å². The van der Waals surface area contributed by atoms with E-state index in [9.17, 15) is 13.2 Å². The third-order valence-electron chi connectivity index (χ3n) is 7.13. The maximum Gasteiger partial charge on any atom is 0.416 e. The molecule has 3 aromatic rings. The normalized spacial score (nSPS) is 19.0. The van der Waals surface area contributed by atoms with E-state index in [1.165, 1.54) is 49.8 Å². The minimum Gasteiger partial charge on any atom is -0.206 e. The summed E-state index contributed by atoms with van der Waals surface area (Å²) in [5, 5.41) is 1.51. The molecule has 0 aliphatic heterocycles. The molecule has 0 spiro atoms. The van der Waals surface area contributed by atoms with Gasteiger partial charge in [0, 0.05) is 5.39 Å². The molecule has 0 saturated heterocycles. The van der Waals surface area contributed by atoms with Crippen LogP contribution in [0.2, 0.25) is 0 Å². The first-order chi connectivity index (χ1) is 15.8. The SMILES string of the molecule is C=CC1CCC(CCc2ccc3c(F)c(CCc4ccc(C(F)(F)F)cc4)ccc3c2)CC1. The van der Waals surface area contributed by atoms with Crippen molar-refractivity contribution < 1.29 is 17.6 Å². The molecule has 0 atom stereocenters. The Bertz CT molecular complexity index is 1090. The molecule has 1 aliphatic rings. The first-order valence-electron chi connectivity index (χ1n) is 11.8. The van der Waals surface area contributed by atoms with Gasteiger partial charge in [-0.05, 0) is 97.4 Å². The van der Waals surface area contributed by atoms with Gasteiger partial charge in [0.15, 0.2) is 0 Å². The average molecular weight is 455 g/mol. The number of alkyl halides is 3. The van der Waals surface area contributed by atoms with Gasteiger partial charge >= 0.3 is 6.18 Å². The third-order valence-corrected chi connectivity index (χ3v) is 7.13. The number of benzene rings is 3. The maximum absolute atomic E-state index is 15.1. The van der Waals surface area contributed by atoms with E-state index in [0.717, 1.165) is 35.4 Å². The zero-order valence-electron chi connectivity index (χ0n) is 18.8. The molecule has 33 heavy (non-hydrogen) atoms. The Kier molecular flexibility index (Phi) is 7.21. The number of rotatable bonds is 7. The lowest BCUT2D eigenvalue weighted by atomic mass is 9.79. The van der Waals surface area contributed by atoms with Crippen molar-refractivity contribution in [2.75, 3.05) is 0 Å². The van der Waals surface area contributed by atoms with Gasteiger partial charge < -0.3 is 0 Å². The van der Waals surface area contributed by atoms with E-state index in [0.29, 0.717) is 29.7 Å². The van der Waals surface area contributed by atoms with Gasteiger partial charge in [0.25, 0.3) is 0 Å². The van der Waals surface area contributed by atoms with Gasteiger partial charge in [-0.3, -0.25) is 0 Å². The fourth-order valence-electron chi connectivity index (χ4n) is 4.96. The Balaban J connectivity index is 1.38. The summed E-state index contributed by atoms with van der Waals surface area (Å²) in [5.74, 6) is 1.22. The number of halogens is 4. The lowest BCUT2D eigenvalue weighted by Crippen LogP contribution is -2.13. The summed E-state index contributed by atoms with van der Waals surface area (Å²) >= 11 is 0. The Morgan fingerprint density at radius 1 is 0.818 bits per heavy atom. The summed E-state index contributed by atoms with van der Waals surface area (Å²) < 4.78 is 53.3. The Labute approximate surface area is 193 Å². The van der Waals surface area contributed by atoms with Crippen molar-refractivity contribution in [1.82, 2.24) is 0 Å². The van der Waals surface area contributed by atoms with Crippen molar-refractivity contribution in [3.8, 4) is 0 Å². The monoisotopic (exact) mass is 454 g/mol. The van der Waals surface area contributed by atoms with E-state index < -0.39 is 11.7 Å². The van der Waals surface area contributed by atoms with Crippen molar-refractivity contribution in [2.24, 2.45) is 11.8 Å². The van der Waals surface area contributed by atoms with Gasteiger partial charge in [-0.1, -0.05) is 48.5 Å². The topological polar surface area (TPSA) is 0 Å². The van der Waals surface area contributed by atoms with Crippen LogP contribution in [0.5, 0.6) is 0 Å². The zero-order chi connectivity index (χ0) is 23.4. The van der Waals surface area contributed by atoms with Crippen molar-refractivity contribution in [1.29, 1.82) is 0 Å². The largest absolute Gasteiger partial charge is 0.416 e. The molecule has 0 radical (unpaired) electrons. The number of hydrogen-bond donors (Lipinski definition) is 0. The molecule has 0 nitrogen and oxygen atoms in total. The molecule has 174 valence electrons. The van der Waals surface area contributed by atoms with E-state index in [4.69, 9.17) is 0 Å². The summed E-state index contributed by atoms with van der Waals surface area (Å²) in [7, 11) is 0. The number of allylic oxidation sites excluding steroid dienone is 1.